The third-order valence-corrected chi connectivity index (χ3v) is 3.34. The number of anilines is 2. The predicted molar refractivity (Wildman–Crippen MR) is 72.5 cm³/mol. The molecule has 1 amide bonds. The summed E-state index contributed by atoms with van der Waals surface area (Å²) in [5.74, 6) is -0.154. The molecule has 2 rings (SSSR count). The van der Waals surface area contributed by atoms with Crippen LogP contribution in [0.1, 0.15) is 12.1 Å². The van der Waals surface area contributed by atoms with Crippen molar-refractivity contribution < 1.29 is 9.72 Å². The highest BCUT2D eigenvalue weighted by Gasteiger charge is 2.33. The Morgan fingerprint density at radius 1 is 1.55 bits per heavy atom. The van der Waals surface area contributed by atoms with Gasteiger partial charge in [0, 0.05) is 20.1 Å². The molecule has 1 saturated heterocycles. The smallest absolute Gasteiger partial charge is 0.332 e. The summed E-state index contributed by atoms with van der Waals surface area (Å²) in [7, 11) is 1.64. The number of amides is 1. The molecule has 3 N–H and O–H groups in total. The van der Waals surface area contributed by atoms with Crippen molar-refractivity contribution in [2.24, 2.45) is 11.7 Å². The Balaban J connectivity index is 2.42. The lowest BCUT2D eigenvalue weighted by Gasteiger charge is -2.18. The molecule has 0 bridgehead atoms. The van der Waals surface area contributed by atoms with Crippen molar-refractivity contribution in [3.63, 3.8) is 0 Å². The first-order valence-electron chi connectivity index (χ1n) is 6.19. The monoisotopic (exact) mass is 280 g/mol. The fourth-order valence-corrected chi connectivity index (χ4v) is 2.28. The summed E-state index contributed by atoms with van der Waals surface area (Å²) in [5, 5.41) is 14.0. The highest BCUT2D eigenvalue weighted by Crippen LogP contribution is 2.33. The van der Waals surface area contributed by atoms with Crippen molar-refractivity contribution in [3.05, 3.63) is 15.8 Å². The van der Waals surface area contributed by atoms with E-state index in [1.165, 1.54) is 0 Å². The minimum atomic E-state index is -0.498. The zero-order valence-corrected chi connectivity index (χ0v) is 11.3. The Bertz CT molecular complexity index is 561. The zero-order valence-electron chi connectivity index (χ0n) is 11.3. The highest BCUT2D eigenvalue weighted by molar-refractivity contribution is 5.78. The minimum absolute atomic E-state index is 0.130. The number of carbonyl (C=O) groups is 1. The third kappa shape index (κ3) is 2.46. The molecule has 1 aromatic heterocycles. The van der Waals surface area contributed by atoms with Crippen LogP contribution in [0.3, 0.4) is 0 Å². The second kappa shape index (κ2) is 5.27. The quantitative estimate of drug-likeness (QED) is 0.589. The van der Waals surface area contributed by atoms with Crippen LogP contribution in [0.2, 0.25) is 0 Å². The van der Waals surface area contributed by atoms with Gasteiger partial charge >= 0.3 is 5.69 Å². The number of nitrogens with one attached hydrogen (secondary N) is 1. The zero-order chi connectivity index (χ0) is 14.9. The first-order chi connectivity index (χ1) is 9.43. The van der Waals surface area contributed by atoms with Crippen LogP contribution < -0.4 is 16.0 Å². The number of aromatic nitrogens is 2. The maximum absolute atomic E-state index is 11.2. The van der Waals surface area contributed by atoms with Crippen molar-refractivity contribution in [2.45, 2.75) is 13.3 Å². The molecule has 108 valence electrons. The van der Waals surface area contributed by atoms with E-state index < -0.39 is 10.8 Å². The maximum atomic E-state index is 11.2. The third-order valence-electron chi connectivity index (χ3n) is 3.34. The Kier molecular flexibility index (Phi) is 3.68. The van der Waals surface area contributed by atoms with Gasteiger partial charge in [0.25, 0.3) is 0 Å². The highest BCUT2D eigenvalue weighted by atomic mass is 16.6. The molecule has 1 fully saturated rings. The van der Waals surface area contributed by atoms with Crippen LogP contribution in [-0.4, -0.2) is 40.9 Å². The van der Waals surface area contributed by atoms with Crippen LogP contribution in [0.4, 0.5) is 17.5 Å². The molecule has 0 radical (unpaired) electrons. The average Bonchev–Trinajstić information content (AvgIpc) is 2.86. The SMILES string of the molecule is CNc1nc(C)c([N+](=O)[O-])c(N2CCC(C(N)=O)C2)n1. The van der Waals surface area contributed by atoms with E-state index in [9.17, 15) is 14.9 Å². The van der Waals surface area contributed by atoms with Gasteiger partial charge in [-0.25, -0.2) is 4.98 Å². The van der Waals surface area contributed by atoms with Gasteiger partial charge in [-0.05, 0) is 13.3 Å². The predicted octanol–water partition coefficient (Wildman–Crippen LogP) is 0.0465. The van der Waals surface area contributed by atoms with Gasteiger partial charge in [0.05, 0.1) is 10.8 Å². The summed E-state index contributed by atoms with van der Waals surface area (Å²) in [5.41, 5.74) is 5.43. The van der Waals surface area contributed by atoms with Crippen LogP contribution in [0, 0.1) is 23.0 Å². The van der Waals surface area contributed by atoms with Crippen molar-refractivity contribution >= 4 is 23.4 Å². The van der Waals surface area contributed by atoms with Gasteiger partial charge in [-0.15, -0.1) is 0 Å². The van der Waals surface area contributed by atoms with Crippen LogP contribution in [0.25, 0.3) is 0 Å². The van der Waals surface area contributed by atoms with Crippen molar-refractivity contribution in [3.8, 4) is 0 Å². The summed E-state index contributed by atoms with van der Waals surface area (Å²) in [4.78, 5) is 31.8. The van der Waals surface area contributed by atoms with Crippen LogP contribution in [0.15, 0.2) is 0 Å². The van der Waals surface area contributed by atoms with Gasteiger partial charge in [0.2, 0.25) is 17.7 Å². The molecule has 1 aromatic rings. The molecule has 0 aromatic carbocycles. The molecular weight excluding hydrogens is 264 g/mol. The summed E-state index contributed by atoms with van der Waals surface area (Å²) in [6.45, 7) is 2.41. The van der Waals surface area contributed by atoms with Gasteiger partial charge in [-0.3, -0.25) is 14.9 Å². The number of carbonyl (C=O) groups excluding carboxylic acids is 1. The van der Waals surface area contributed by atoms with Crippen molar-refractivity contribution in [1.82, 2.24) is 9.97 Å². The lowest BCUT2D eigenvalue weighted by atomic mass is 10.1. The van der Waals surface area contributed by atoms with E-state index in [0.29, 0.717) is 25.5 Å². The lowest BCUT2D eigenvalue weighted by Crippen LogP contribution is -2.28. The van der Waals surface area contributed by atoms with Crippen LogP contribution >= 0.6 is 0 Å². The van der Waals surface area contributed by atoms with Gasteiger partial charge in [-0.2, -0.15) is 4.98 Å². The first-order valence-corrected chi connectivity index (χ1v) is 6.19. The van der Waals surface area contributed by atoms with Gasteiger partial charge in [0.15, 0.2) is 0 Å². The summed E-state index contributed by atoms with van der Waals surface area (Å²) in [6.07, 6.45) is 0.574. The number of hydrogen-bond acceptors (Lipinski definition) is 7. The average molecular weight is 280 g/mol. The summed E-state index contributed by atoms with van der Waals surface area (Å²) in [6, 6.07) is 0. The summed E-state index contributed by atoms with van der Waals surface area (Å²) < 4.78 is 0. The van der Waals surface area contributed by atoms with E-state index in [1.54, 1.807) is 18.9 Å². The molecule has 1 atom stereocenters. The molecule has 20 heavy (non-hydrogen) atoms. The van der Waals surface area contributed by atoms with Gasteiger partial charge in [0.1, 0.15) is 5.69 Å². The van der Waals surface area contributed by atoms with E-state index in [2.05, 4.69) is 15.3 Å². The van der Waals surface area contributed by atoms with Crippen molar-refractivity contribution in [1.29, 1.82) is 0 Å². The molecule has 1 unspecified atom stereocenters. The molecule has 0 spiro atoms. The Morgan fingerprint density at radius 3 is 2.75 bits per heavy atom. The molecule has 0 saturated carbocycles. The topological polar surface area (TPSA) is 127 Å². The number of nitro groups is 1. The van der Waals surface area contributed by atoms with E-state index >= 15 is 0 Å². The standard InChI is InChI=1S/C11H16N6O3/c1-6-8(17(19)20)10(15-11(13-2)14-6)16-4-3-7(5-16)9(12)18/h7H,3-5H2,1-2H3,(H2,12,18)(H,13,14,15). The normalized spacial score (nSPS) is 18.1. The maximum Gasteiger partial charge on any atom is 0.332 e. The molecule has 1 aliphatic rings. The number of primary amides is 1. The fraction of sp³-hybridized carbons (Fsp3) is 0.545. The van der Waals surface area contributed by atoms with E-state index in [0.717, 1.165) is 0 Å². The van der Waals surface area contributed by atoms with E-state index in [-0.39, 0.29) is 23.1 Å². The largest absolute Gasteiger partial charge is 0.369 e. The molecule has 0 aliphatic carbocycles. The molecular formula is C11H16N6O3. The number of nitrogens with two attached hydrogens (primary N) is 1. The van der Waals surface area contributed by atoms with Crippen molar-refractivity contribution in [2.75, 3.05) is 30.4 Å². The molecule has 1 aliphatic heterocycles. The minimum Gasteiger partial charge on any atom is -0.369 e. The van der Waals surface area contributed by atoms with Crippen LogP contribution in [-0.2, 0) is 4.79 Å². The lowest BCUT2D eigenvalue weighted by molar-refractivity contribution is -0.385. The molecule has 2 heterocycles. The second-order valence-electron chi connectivity index (χ2n) is 4.65. The molecule has 9 heteroatoms. The number of aryl methyl sites for hydroxylation is 1. The summed E-state index contributed by atoms with van der Waals surface area (Å²) >= 11 is 0. The number of hydrogen-bond donors (Lipinski definition) is 2. The number of rotatable bonds is 4. The Hall–Kier alpha value is -2.45. The Morgan fingerprint density at radius 2 is 2.25 bits per heavy atom. The Labute approximate surface area is 115 Å². The second-order valence-corrected chi connectivity index (χ2v) is 4.65. The van der Waals surface area contributed by atoms with E-state index in [4.69, 9.17) is 5.73 Å². The van der Waals surface area contributed by atoms with E-state index in [1.807, 2.05) is 0 Å². The van der Waals surface area contributed by atoms with Gasteiger partial charge < -0.3 is 16.0 Å². The van der Waals surface area contributed by atoms with Crippen LogP contribution in [0.5, 0.6) is 0 Å². The number of nitrogens with zero attached hydrogens (tertiary/aromatic N) is 4. The first kappa shape index (κ1) is 14.0. The fourth-order valence-electron chi connectivity index (χ4n) is 2.28. The van der Waals surface area contributed by atoms with Gasteiger partial charge in [-0.1, -0.05) is 0 Å². The molecule has 9 nitrogen and oxygen atoms in total.